The number of nitrogens with zero attached hydrogens (tertiary/aromatic N) is 4. The monoisotopic (exact) mass is 362 g/mol. The van der Waals surface area contributed by atoms with Crippen LogP contribution in [0.5, 0.6) is 0 Å². The summed E-state index contributed by atoms with van der Waals surface area (Å²) in [6.07, 6.45) is 4.96. The number of likely N-dealkylation sites (tertiary alicyclic amines) is 1. The molecule has 1 atom stereocenters. The minimum atomic E-state index is -0.615. The summed E-state index contributed by atoms with van der Waals surface area (Å²) in [5.74, 6) is 0.0246. The molecule has 1 aromatic rings. The highest BCUT2D eigenvalue weighted by Gasteiger charge is 2.28. The number of aromatic amines is 1. The van der Waals surface area contributed by atoms with E-state index in [-0.39, 0.29) is 5.91 Å². The lowest BCUT2D eigenvalue weighted by Gasteiger charge is -2.25. The van der Waals surface area contributed by atoms with E-state index in [1.54, 1.807) is 0 Å². The van der Waals surface area contributed by atoms with Crippen LogP contribution in [0.4, 0.5) is 0 Å². The van der Waals surface area contributed by atoms with Gasteiger partial charge in [-0.2, -0.15) is 5.10 Å². The molecule has 7 heteroatoms. The minimum absolute atomic E-state index is 0.0246. The molecule has 2 aliphatic rings. The van der Waals surface area contributed by atoms with Crippen molar-refractivity contribution in [2.45, 2.75) is 45.6 Å². The third-order valence-electron chi connectivity index (χ3n) is 5.81. The Hall–Kier alpha value is -1.44. The van der Waals surface area contributed by atoms with E-state index in [1.807, 2.05) is 18.7 Å². The lowest BCUT2D eigenvalue weighted by Crippen LogP contribution is -2.41. The number of carbonyl (C=O) groups is 1. The Kier molecular flexibility index (Phi) is 6.67. The van der Waals surface area contributed by atoms with E-state index in [0.29, 0.717) is 0 Å². The summed E-state index contributed by atoms with van der Waals surface area (Å²) < 4.78 is 0. The summed E-state index contributed by atoms with van der Waals surface area (Å²) in [7, 11) is 0. The number of hydrogen-bond acceptors (Lipinski definition) is 5. The van der Waals surface area contributed by atoms with Gasteiger partial charge in [-0.1, -0.05) is 0 Å². The molecule has 0 radical (unpaired) electrons. The van der Waals surface area contributed by atoms with Crippen LogP contribution in [0.15, 0.2) is 0 Å². The number of amides is 1. The van der Waals surface area contributed by atoms with Gasteiger partial charge in [0.2, 0.25) is 5.91 Å². The van der Waals surface area contributed by atoms with Crippen molar-refractivity contribution in [3.8, 4) is 0 Å². The molecule has 1 amide bonds. The van der Waals surface area contributed by atoms with Crippen LogP contribution in [-0.4, -0.2) is 83.2 Å². The van der Waals surface area contributed by atoms with E-state index in [1.165, 1.54) is 38.9 Å². The second-order valence-electron chi connectivity index (χ2n) is 7.75. The van der Waals surface area contributed by atoms with Crippen molar-refractivity contribution in [1.82, 2.24) is 24.9 Å². The Bertz CT molecular complexity index is 575. The maximum absolute atomic E-state index is 12.9. The van der Waals surface area contributed by atoms with Crippen LogP contribution in [0.3, 0.4) is 0 Å². The van der Waals surface area contributed by atoms with Crippen molar-refractivity contribution in [1.29, 1.82) is 0 Å². The zero-order chi connectivity index (χ0) is 18.5. The van der Waals surface area contributed by atoms with Gasteiger partial charge >= 0.3 is 0 Å². The molecule has 3 heterocycles. The van der Waals surface area contributed by atoms with Crippen molar-refractivity contribution >= 4 is 5.91 Å². The van der Waals surface area contributed by atoms with E-state index >= 15 is 0 Å². The van der Waals surface area contributed by atoms with Gasteiger partial charge in [-0.15, -0.1) is 0 Å². The second kappa shape index (κ2) is 8.97. The van der Waals surface area contributed by atoms with Gasteiger partial charge in [0.05, 0.1) is 5.69 Å². The molecule has 7 nitrogen and oxygen atoms in total. The molecule has 0 aromatic carbocycles. The maximum atomic E-state index is 12.9. The molecule has 3 N–H and O–H groups in total. The van der Waals surface area contributed by atoms with Crippen LogP contribution in [0.25, 0.3) is 0 Å². The van der Waals surface area contributed by atoms with Gasteiger partial charge in [0.25, 0.3) is 0 Å². The summed E-state index contributed by atoms with van der Waals surface area (Å²) >= 11 is 0. The van der Waals surface area contributed by atoms with Crippen LogP contribution >= 0.6 is 0 Å². The van der Waals surface area contributed by atoms with E-state index in [0.717, 1.165) is 56.1 Å². The van der Waals surface area contributed by atoms with Crippen molar-refractivity contribution in [3.05, 3.63) is 17.0 Å². The van der Waals surface area contributed by atoms with Crippen LogP contribution in [0.2, 0.25) is 0 Å². The zero-order valence-electron chi connectivity index (χ0n) is 16.3. The van der Waals surface area contributed by atoms with Gasteiger partial charge in [0.1, 0.15) is 6.04 Å². The number of aryl methyl sites for hydroxylation is 2. The van der Waals surface area contributed by atoms with Crippen LogP contribution in [0.1, 0.15) is 48.7 Å². The first-order valence-electron chi connectivity index (χ1n) is 10.1. The third kappa shape index (κ3) is 4.64. The molecule has 0 bridgehead atoms. The summed E-state index contributed by atoms with van der Waals surface area (Å²) in [4.78, 5) is 19.9. The SMILES string of the molecule is Cc1n[nH]c(C)c1C(N)C(=O)N1CCCN(CCCN2CCCC2)CC1. The molecule has 0 spiro atoms. The normalized spacial score (nSPS) is 21.1. The predicted molar refractivity (Wildman–Crippen MR) is 103 cm³/mol. The van der Waals surface area contributed by atoms with E-state index in [2.05, 4.69) is 20.0 Å². The first-order chi connectivity index (χ1) is 12.6. The fourth-order valence-electron chi connectivity index (χ4n) is 4.28. The lowest BCUT2D eigenvalue weighted by atomic mass is 10.0. The first kappa shape index (κ1) is 19.3. The molecule has 0 saturated carbocycles. The average molecular weight is 363 g/mol. The highest BCUT2D eigenvalue weighted by Crippen LogP contribution is 2.20. The molecular formula is C19H34N6O. The predicted octanol–water partition coefficient (Wildman–Crippen LogP) is 1.05. The van der Waals surface area contributed by atoms with Gasteiger partial charge < -0.3 is 20.4 Å². The number of nitrogens with one attached hydrogen (secondary N) is 1. The molecule has 3 rings (SSSR count). The molecule has 2 fully saturated rings. The van der Waals surface area contributed by atoms with Crippen molar-refractivity contribution in [3.63, 3.8) is 0 Å². The number of nitrogens with two attached hydrogens (primary N) is 1. The van der Waals surface area contributed by atoms with Crippen LogP contribution in [0, 0.1) is 13.8 Å². The van der Waals surface area contributed by atoms with Gasteiger partial charge in [0, 0.05) is 30.9 Å². The Morgan fingerprint density at radius 2 is 1.69 bits per heavy atom. The minimum Gasteiger partial charge on any atom is -0.340 e. The lowest BCUT2D eigenvalue weighted by molar-refractivity contribution is -0.132. The Labute approximate surface area is 156 Å². The molecule has 1 aromatic heterocycles. The Morgan fingerprint density at radius 1 is 1.04 bits per heavy atom. The smallest absolute Gasteiger partial charge is 0.244 e. The average Bonchev–Trinajstić information content (AvgIpc) is 3.18. The van der Waals surface area contributed by atoms with Gasteiger partial charge in [-0.05, 0) is 72.3 Å². The molecular weight excluding hydrogens is 328 g/mol. The van der Waals surface area contributed by atoms with E-state index in [9.17, 15) is 4.79 Å². The highest BCUT2D eigenvalue weighted by molar-refractivity contribution is 5.83. The molecule has 2 aliphatic heterocycles. The fraction of sp³-hybridized carbons (Fsp3) is 0.789. The van der Waals surface area contributed by atoms with Gasteiger partial charge in [-0.25, -0.2) is 0 Å². The summed E-state index contributed by atoms with van der Waals surface area (Å²) in [5, 5.41) is 7.10. The van der Waals surface area contributed by atoms with E-state index < -0.39 is 6.04 Å². The number of carbonyl (C=O) groups excluding carboxylic acids is 1. The summed E-state index contributed by atoms with van der Waals surface area (Å²) in [5.41, 5.74) is 8.84. The Morgan fingerprint density at radius 3 is 2.35 bits per heavy atom. The molecule has 1 unspecified atom stereocenters. The summed E-state index contributed by atoms with van der Waals surface area (Å²) in [6.45, 7) is 12.3. The van der Waals surface area contributed by atoms with Gasteiger partial charge in [-0.3, -0.25) is 9.89 Å². The Balaban J connectivity index is 1.47. The van der Waals surface area contributed by atoms with Crippen LogP contribution in [-0.2, 0) is 4.79 Å². The molecule has 26 heavy (non-hydrogen) atoms. The van der Waals surface area contributed by atoms with Crippen molar-refractivity contribution < 1.29 is 4.79 Å². The zero-order valence-corrected chi connectivity index (χ0v) is 16.3. The highest BCUT2D eigenvalue weighted by atomic mass is 16.2. The summed E-state index contributed by atoms with van der Waals surface area (Å²) in [6, 6.07) is -0.615. The van der Waals surface area contributed by atoms with E-state index in [4.69, 9.17) is 5.73 Å². The maximum Gasteiger partial charge on any atom is 0.244 e. The quantitative estimate of drug-likeness (QED) is 0.790. The number of aromatic nitrogens is 2. The van der Waals surface area contributed by atoms with Crippen molar-refractivity contribution in [2.75, 3.05) is 52.4 Å². The van der Waals surface area contributed by atoms with Gasteiger partial charge in [0.15, 0.2) is 0 Å². The number of H-pyrrole nitrogens is 1. The van der Waals surface area contributed by atoms with Crippen LogP contribution < -0.4 is 5.73 Å². The topological polar surface area (TPSA) is 81.5 Å². The van der Waals surface area contributed by atoms with Crippen molar-refractivity contribution in [2.24, 2.45) is 5.73 Å². The largest absolute Gasteiger partial charge is 0.340 e. The standard InChI is InChI=1S/C19H34N6O/c1-15-17(16(2)22-21-15)18(20)19(26)25-12-6-11-24(13-14-25)10-5-9-23-7-3-4-8-23/h18H,3-14,20H2,1-2H3,(H,21,22). The third-order valence-corrected chi connectivity index (χ3v) is 5.81. The molecule has 146 valence electrons. The first-order valence-corrected chi connectivity index (χ1v) is 10.1. The second-order valence-corrected chi connectivity index (χ2v) is 7.75. The number of rotatable bonds is 6. The molecule has 0 aliphatic carbocycles. The molecule has 2 saturated heterocycles. The number of hydrogen-bond donors (Lipinski definition) is 2. The fourth-order valence-corrected chi connectivity index (χ4v) is 4.28.